The Morgan fingerprint density at radius 2 is 2.38 bits per heavy atom. The molecule has 0 saturated carbocycles. The molecule has 0 aromatic carbocycles. The highest BCUT2D eigenvalue weighted by Gasteiger charge is 2.22. The molecule has 1 fully saturated rings. The Kier molecular flexibility index (Phi) is 3.95. The average molecular weight is 284 g/mol. The number of nitrogens with zero attached hydrogens (tertiary/aromatic N) is 2. The minimum absolute atomic E-state index is 0.314. The zero-order valence-corrected chi connectivity index (χ0v) is 11.2. The summed E-state index contributed by atoms with van der Waals surface area (Å²) in [4.78, 5) is 6.59. The zero-order valence-electron chi connectivity index (χ0n) is 9.56. The quantitative estimate of drug-likeness (QED) is 0.903. The SMILES string of the molecule is CC1CCN(Cc2cncc(Br)c2)CC1N. The van der Waals surface area contributed by atoms with E-state index < -0.39 is 0 Å². The number of pyridine rings is 1. The van der Waals surface area contributed by atoms with Crippen LogP contribution in [0.5, 0.6) is 0 Å². The van der Waals surface area contributed by atoms with Gasteiger partial charge in [0.25, 0.3) is 0 Å². The lowest BCUT2D eigenvalue weighted by molar-refractivity contribution is 0.162. The van der Waals surface area contributed by atoms with E-state index in [4.69, 9.17) is 5.73 Å². The summed E-state index contributed by atoms with van der Waals surface area (Å²) in [5.74, 6) is 0.650. The van der Waals surface area contributed by atoms with Gasteiger partial charge in [0.15, 0.2) is 0 Å². The van der Waals surface area contributed by atoms with Gasteiger partial charge >= 0.3 is 0 Å². The highest BCUT2D eigenvalue weighted by molar-refractivity contribution is 9.10. The number of piperidine rings is 1. The molecule has 88 valence electrons. The van der Waals surface area contributed by atoms with Crippen molar-refractivity contribution < 1.29 is 0 Å². The normalized spacial score (nSPS) is 26.9. The van der Waals surface area contributed by atoms with Crippen molar-refractivity contribution in [2.45, 2.75) is 25.9 Å². The molecule has 0 spiro atoms. The molecule has 0 aliphatic carbocycles. The Bertz CT molecular complexity index is 356. The van der Waals surface area contributed by atoms with Gasteiger partial charge in [-0.3, -0.25) is 9.88 Å². The maximum Gasteiger partial charge on any atom is 0.0410 e. The van der Waals surface area contributed by atoms with Crippen LogP contribution in [-0.2, 0) is 6.54 Å². The van der Waals surface area contributed by atoms with Crippen LogP contribution in [0.1, 0.15) is 18.9 Å². The maximum absolute atomic E-state index is 6.09. The molecule has 2 N–H and O–H groups in total. The lowest BCUT2D eigenvalue weighted by Crippen LogP contribution is -2.47. The highest BCUT2D eigenvalue weighted by atomic mass is 79.9. The lowest BCUT2D eigenvalue weighted by Gasteiger charge is -2.34. The molecule has 1 aromatic heterocycles. The first-order valence-electron chi connectivity index (χ1n) is 5.72. The highest BCUT2D eigenvalue weighted by Crippen LogP contribution is 2.18. The fourth-order valence-corrected chi connectivity index (χ4v) is 2.53. The zero-order chi connectivity index (χ0) is 11.5. The van der Waals surface area contributed by atoms with Crippen molar-refractivity contribution in [3.05, 3.63) is 28.5 Å². The van der Waals surface area contributed by atoms with Crippen molar-refractivity contribution in [3.63, 3.8) is 0 Å². The van der Waals surface area contributed by atoms with Gasteiger partial charge in [-0.05, 0) is 46.4 Å². The summed E-state index contributed by atoms with van der Waals surface area (Å²) in [5.41, 5.74) is 7.33. The Morgan fingerprint density at radius 1 is 1.56 bits per heavy atom. The van der Waals surface area contributed by atoms with Gasteiger partial charge in [-0.2, -0.15) is 0 Å². The third-order valence-corrected chi connectivity index (χ3v) is 3.70. The molecule has 16 heavy (non-hydrogen) atoms. The second-order valence-electron chi connectivity index (χ2n) is 4.68. The Hall–Kier alpha value is -0.450. The molecule has 0 amide bonds. The molecule has 1 saturated heterocycles. The maximum atomic E-state index is 6.09. The molecule has 3 nitrogen and oxygen atoms in total. The van der Waals surface area contributed by atoms with Crippen molar-refractivity contribution in [1.29, 1.82) is 0 Å². The third kappa shape index (κ3) is 3.03. The van der Waals surface area contributed by atoms with Crippen LogP contribution < -0.4 is 5.73 Å². The van der Waals surface area contributed by atoms with E-state index in [9.17, 15) is 0 Å². The van der Waals surface area contributed by atoms with Gasteiger partial charge in [0.1, 0.15) is 0 Å². The van der Waals surface area contributed by atoms with Crippen molar-refractivity contribution in [3.8, 4) is 0 Å². The Morgan fingerprint density at radius 3 is 3.06 bits per heavy atom. The summed E-state index contributed by atoms with van der Waals surface area (Å²) in [6.45, 7) is 5.32. The predicted molar refractivity (Wildman–Crippen MR) is 69.0 cm³/mol. The largest absolute Gasteiger partial charge is 0.326 e. The Balaban J connectivity index is 1.95. The summed E-state index contributed by atoms with van der Waals surface area (Å²) in [7, 11) is 0. The van der Waals surface area contributed by atoms with E-state index in [0.717, 1.165) is 24.1 Å². The van der Waals surface area contributed by atoms with E-state index >= 15 is 0 Å². The summed E-state index contributed by atoms with van der Waals surface area (Å²) in [5, 5.41) is 0. The van der Waals surface area contributed by atoms with Crippen LogP contribution in [0.15, 0.2) is 22.9 Å². The van der Waals surface area contributed by atoms with Crippen LogP contribution >= 0.6 is 15.9 Å². The monoisotopic (exact) mass is 283 g/mol. The first kappa shape index (κ1) is 12.0. The average Bonchev–Trinajstić information content (AvgIpc) is 2.24. The van der Waals surface area contributed by atoms with Crippen LogP contribution in [-0.4, -0.2) is 29.0 Å². The minimum Gasteiger partial charge on any atom is -0.326 e. The summed E-state index contributed by atoms with van der Waals surface area (Å²) in [6.07, 6.45) is 4.93. The topological polar surface area (TPSA) is 42.2 Å². The van der Waals surface area contributed by atoms with Crippen molar-refractivity contribution in [2.24, 2.45) is 11.7 Å². The molecule has 1 aliphatic rings. The fourth-order valence-electron chi connectivity index (χ4n) is 2.11. The van der Waals surface area contributed by atoms with Crippen LogP contribution in [0, 0.1) is 5.92 Å². The second-order valence-corrected chi connectivity index (χ2v) is 5.59. The summed E-state index contributed by atoms with van der Waals surface area (Å²) < 4.78 is 1.04. The van der Waals surface area contributed by atoms with Crippen molar-refractivity contribution >= 4 is 15.9 Å². The smallest absolute Gasteiger partial charge is 0.0410 e. The van der Waals surface area contributed by atoms with Crippen LogP contribution in [0.2, 0.25) is 0 Å². The fraction of sp³-hybridized carbons (Fsp3) is 0.583. The number of halogens is 1. The van der Waals surface area contributed by atoms with Crippen LogP contribution in [0.25, 0.3) is 0 Å². The minimum atomic E-state index is 0.314. The number of aromatic nitrogens is 1. The number of rotatable bonds is 2. The van der Waals surface area contributed by atoms with Gasteiger partial charge in [-0.25, -0.2) is 0 Å². The number of hydrogen-bond donors (Lipinski definition) is 1. The molecular weight excluding hydrogens is 266 g/mol. The first-order valence-corrected chi connectivity index (χ1v) is 6.52. The number of nitrogens with two attached hydrogens (primary N) is 1. The molecule has 0 radical (unpaired) electrons. The molecule has 2 rings (SSSR count). The van der Waals surface area contributed by atoms with Gasteiger partial charge in [0.05, 0.1) is 0 Å². The molecular formula is C12H18BrN3. The Labute approximate surface area is 105 Å². The molecule has 1 aliphatic heterocycles. The summed E-state index contributed by atoms with van der Waals surface area (Å²) >= 11 is 3.44. The molecule has 2 unspecified atom stereocenters. The molecule has 0 bridgehead atoms. The van der Waals surface area contributed by atoms with Crippen molar-refractivity contribution in [1.82, 2.24) is 9.88 Å². The van der Waals surface area contributed by atoms with E-state index in [2.05, 4.69) is 38.8 Å². The van der Waals surface area contributed by atoms with Gasteiger partial charge in [-0.1, -0.05) is 6.92 Å². The standard InChI is InChI=1S/C12H18BrN3/c1-9-2-3-16(8-12(9)14)7-10-4-11(13)6-15-5-10/h4-6,9,12H,2-3,7-8,14H2,1H3. The second kappa shape index (κ2) is 5.25. The first-order chi connectivity index (χ1) is 7.65. The van der Waals surface area contributed by atoms with Crippen LogP contribution in [0.3, 0.4) is 0 Å². The van der Waals surface area contributed by atoms with Crippen LogP contribution in [0.4, 0.5) is 0 Å². The van der Waals surface area contributed by atoms with E-state index in [-0.39, 0.29) is 0 Å². The van der Waals surface area contributed by atoms with E-state index in [0.29, 0.717) is 12.0 Å². The van der Waals surface area contributed by atoms with Gasteiger partial charge in [-0.15, -0.1) is 0 Å². The van der Waals surface area contributed by atoms with Gasteiger partial charge < -0.3 is 5.73 Å². The molecule has 2 heterocycles. The molecule has 1 aromatic rings. The summed E-state index contributed by atoms with van der Waals surface area (Å²) in [6, 6.07) is 2.44. The van der Waals surface area contributed by atoms with Crippen molar-refractivity contribution in [2.75, 3.05) is 13.1 Å². The molecule has 4 heteroatoms. The lowest BCUT2D eigenvalue weighted by atomic mass is 9.94. The number of hydrogen-bond acceptors (Lipinski definition) is 3. The predicted octanol–water partition coefficient (Wildman–Crippen LogP) is 2.01. The van der Waals surface area contributed by atoms with Gasteiger partial charge in [0, 0.05) is 36.0 Å². The van der Waals surface area contributed by atoms with E-state index in [1.165, 1.54) is 12.0 Å². The van der Waals surface area contributed by atoms with E-state index in [1.807, 2.05) is 12.4 Å². The third-order valence-electron chi connectivity index (χ3n) is 3.27. The number of likely N-dealkylation sites (tertiary alicyclic amines) is 1. The van der Waals surface area contributed by atoms with Gasteiger partial charge in [0.2, 0.25) is 0 Å². The molecule has 2 atom stereocenters. The van der Waals surface area contributed by atoms with E-state index in [1.54, 1.807) is 0 Å².